The molecule has 6 nitrogen and oxygen atoms in total. The second-order valence-corrected chi connectivity index (χ2v) is 5.92. The van der Waals surface area contributed by atoms with Crippen molar-refractivity contribution in [3.63, 3.8) is 0 Å². The van der Waals surface area contributed by atoms with Crippen LogP contribution in [0.1, 0.15) is 32.9 Å². The monoisotopic (exact) mass is 281 g/mol. The van der Waals surface area contributed by atoms with Crippen molar-refractivity contribution < 1.29 is 4.74 Å². The van der Waals surface area contributed by atoms with Crippen molar-refractivity contribution in [2.45, 2.75) is 58.5 Å². The topological polar surface area (TPSA) is 55.2 Å². The molecular weight excluding hydrogens is 254 g/mol. The summed E-state index contributed by atoms with van der Waals surface area (Å²) in [6.07, 6.45) is 3.48. The largest absolute Gasteiger partial charge is 0.377 e. The molecule has 6 heteroatoms. The zero-order valence-corrected chi connectivity index (χ0v) is 13.0. The van der Waals surface area contributed by atoms with Crippen LogP contribution in [0.25, 0.3) is 0 Å². The number of likely N-dealkylation sites (N-methyl/N-ethyl adjacent to an activating group) is 1. The van der Waals surface area contributed by atoms with Crippen LogP contribution in [0, 0.1) is 0 Å². The molecule has 2 rings (SSSR count). The van der Waals surface area contributed by atoms with Gasteiger partial charge in [0, 0.05) is 38.0 Å². The molecule has 2 atom stereocenters. The molecule has 1 fully saturated rings. The van der Waals surface area contributed by atoms with E-state index in [1.807, 2.05) is 10.9 Å². The summed E-state index contributed by atoms with van der Waals surface area (Å²) < 4.78 is 7.54. The zero-order chi connectivity index (χ0) is 14.5. The summed E-state index contributed by atoms with van der Waals surface area (Å²) in [7, 11) is 2.16. The summed E-state index contributed by atoms with van der Waals surface area (Å²) >= 11 is 0. The molecule has 0 aromatic carbocycles. The van der Waals surface area contributed by atoms with E-state index in [4.69, 9.17) is 4.74 Å². The fourth-order valence-corrected chi connectivity index (χ4v) is 2.56. The molecule has 0 amide bonds. The lowest BCUT2D eigenvalue weighted by Gasteiger charge is -2.26. The van der Waals surface area contributed by atoms with E-state index in [2.05, 4.69) is 48.3 Å². The van der Waals surface area contributed by atoms with Crippen LogP contribution in [0.5, 0.6) is 0 Å². The molecule has 1 aliphatic rings. The molecule has 0 aliphatic carbocycles. The van der Waals surface area contributed by atoms with E-state index in [9.17, 15) is 0 Å². The Bertz CT molecular complexity index is 406. The minimum atomic E-state index is 0.335. The SMILES string of the molecule is CC(C)NCc1cn(CCN(C)C2CCOC2C)nn1. The van der Waals surface area contributed by atoms with Gasteiger partial charge in [-0.3, -0.25) is 9.58 Å². The van der Waals surface area contributed by atoms with Gasteiger partial charge in [-0.25, -0.2) is 0 Å². The fourth-order valence-electron chi connectivity index (χ4n) is 2.56. The van der Waals surface area contributed by atoms with E-state index in [1.165, 1.54) is 0 Å². The Morgan fingerprint density at radius 1 is 1.55 bits per heavy atom. The highest BCUT2D eigenvalue weighted by molar-refractivity contribution is 4.92. The van der Waals surface area contributed by atoms with Crippen LogP contribution in [-0.2, 0) is 17.8 Å². The van der Waals surface area contributed by atoms with Gasteiger partial charge in [-0.15, -0.1) is 5.10 Å². The van der Waals surface area contributed by atoms with Gasteiger partial charge in [-0.05, 0) is 20.4 Å². The lowest BCUT2D eigenvalue weighted by atomic mass is 10.1. The predicted octanol–water partition coefficient (Wildman–Crippen LogP) is 0.885. The van der Waals surface area contributed by atoms with Crippen LogP contribution < -0.4 is 5.32 Å². The highest BCUT2D eigenvalue weighted by Gasteiger charge is 2.27. The van der Waals surface area contributed by atoms with Crippen LogP contribution in [-0.4, -0.2) is 58.3 Å². The first kappa shape index (κ1) is 15.4. The van der Waals surface area contributed by atoms with Gasteiger partial charge in [-0.1, -0.05) is 19.1 Å². The fraction of sp³-hybridized carbons (Fsp3) is 0.857. The molecule has 1 saturated heterocycles. The molecule has 2 unspecified atom stereocenters. The Kier molecular flexibility index (Phi) is 5.51. The summed E-state index contributed by atoms with van der Waals surface area (Å²) in [5, 5.41) is 11.7. The minimum Gasteiger partial charge on any atom is -0.377 e. The van der Waals surface area contributed by atoms with Gasteiger partial charge in [0.15, 0.2) is 0 Å². The highest BCUT2D eigenvalue weighted by Crippen LogP contribution is 2.17. The van der Waals surface area contributed by atoms with Crippen molar-refractivity contribution in [1.29, 1.82) is 0 Å². The number of hydrogen-bond donors (Lipinski definition) is 1. The van der Waals surface area contributed by atoms with E-state index in [0.717, 1.165) is 38.4 Å². The zero-order valence-electron chi connectivity index (χ0n) is 13.0. The standard InChI is InChI=1S/C14H27N5O/c1-11(2)15-9-13-10-19(17-16-13)7-6-18(4)14-5-8-20-12(14)3/h10-12,14-15H,5-9H2,1-4H3. The molecule has 1 aromatic heterocycles. The second kappa shape index (κ2) is 7.15. The molecule has 1 N–H and O–H groups in total. The van der Waals surface area contributed by atoms with Crippen LogP contribution in [0.2, 0.25) is 0 Å². The van der Waals surface area contributed by atoms with E-state index < -0.39 is 0 Å². The van der Waals surface area contributed by atoms with E-state index in [1.54, 1.807) is 0 Å². The smallest absolute Gasteiger partial charge is 0.0964 e. The van der Waals surface area contributed by atoms with Crippen molar-refractivity contribution >= 4 is 0 Å². The van der Waals surface area contributed by atoms with E-state index in [0.29, 0.717) is 18.2 Å². The minimum absolute atomic E-state index is 0.335. The maximum absolute atomic E-state index is 5.61. The van der Waals surface area contributed by atoms with E-state index >= 15 is 0 Å². The number of nitrogens with zero attached hydrogens (tertiary/aromatic N) is 4. The van der Waals surface area contributed by atoms with Gasteiger partial charge in [-0.2, -0.15) is 0 Å². The first-order valence-electron chi connectivity index (χ1n) is 7.50. The Labute approximate surface area is 121 Å². The normalized spacial score (nSPS) is 23.1. The molecule has 2 heterocycles. The molecule has 1 aromatic rings. The maximum Gasteiger partial charge on any atom is 0.0964 e. The first-order chi connectivity index (χ1) is 9.56. The van der Waals surface area contributed by atoms with Crippen molar-refractivity contribution in [2.75, 3.05) is 20.2 Å². The van der Waals surface area contributed by atoms with Crippen LogP contribution in [0.15, 0.2) is 6.20 Å². The van der Waals surface area contributed by atoms with Crippen LogP contribution in [0.4, 0.5) is 0 Å². The summed E-state index contributed by atoms with van der Waals surface area (Å²) in [5.74, 6) is 0. The molecule has 0 bridgehead atoms. The molecule has 0 saturated carbocycles. The van der Waals surface area contributed by atoms with Crippen molar-refractivity contribution in [3.8, 4) is 0 Å². The molecule has 114 valence electrons. The first-order valence-corrected chi connectivity index (χ1v) is 7.50. The summed E-state index contributed by atoms with van der Waals surface area (Å²) in [6.45, 7) is 9.91. The number of ether oxygens (including phenoxy) is 1. The Morgan fingerprint density at radius 3 is 3.00 bits per heavy atom. The average Bonchev–Trinajstić information content (AvgIpc) is 3.02. The lowest BCUT2D eigenvalue weighted by Crippen LogP contribution is -2.38. The van der Waals surface area contributed by atoms with Gasteiger partial charge < -0.3 is 10.1 Å². The Morgan fingerprint density at radius 2 is 2.35 bits per heavy atom. The third-order valence-corrected chi connectivity index (χ3v) is 3.86. The number of aromatic nitrogens is 3. The summed E-state index contributed by atoms with van der Waals surface area (Å²) in [6, 6.07) is 0.996. The Hall–Kier alpha value is -0.980. The quantitative estimate of drug-likeness (QED) is 0.804. The third kappa shape index (κ3) is 4.26. The van der Waals surface area contributed by atoms with Gasteiger partial charge in [0.05, 0.1) is 18.3 Å². The molecule has 0 spiro atoms. The predicted molar refractivity (Wildman–Crippen MR) is 78.4 cm³/mol. The number of hydrogen-bond acceptors (Lipinski definition) is 5. The average molecular weight is 281 g/mol. The summed E-state index contributed by atoms with van der Waals surface area (Å²) in [5.41, 5.74) is 0.999. The van der Waals surface area contributed by atoms with Crippen LogP contribution >= 0.6 is 0 Å². The van der Waals surface area contributed by atoms with Gasteiger partial charge in [0.25, 0.3) is 0 Å². The lowest BCUT2D eigenvalue weighted by molar-refractivity contribution is 0.0822. The maximum atomic E-state index is 5.61. The number of rotatable bonds is 7. The summed E-state index contributed by atoms with van der Waals surface area (Å²) in [4.78, 5) is 2.37. The molecule has 1 aliphatic heterocycles. The van der Waals surface area contributed by atoms with Crippen molar-refractivity contribution in [2.24, 2.45) is 0 Å². The van der Waals surface area contributed by atoms with Gasteiger partial charge in [0.1, 0.15) is 0 Å². The highest BCUT2D eigenvalue weighted by atomic mass is 16.5. The van der Waals surface area contributed by atoms with Gasteiger partial charge in [0.2, 0.25) is 0 Å². The third-order valence-electron chi connectivity index (χ3n) is 3.86. The van der Waals surface area contributed by atoms with Crippen LogP contribution in [0.3, 0.4) is 0 Å². The number of nitrogens with one attached hydrogen (secondary N) is 1. The van der Waals surface area contributed by atoms with Gasteiger partial charge >= 0.3 is 0 Å². The molecular formula is C14H27N5O. The second-order valence-electron chi connectivity index (χ2n) is 5.92. The van der Waals surface area contributed by atoms with Crippen molar-refractivity contribution in [1.82, 2.24) is 25.2 Å². The van der Waals surface area contributed by atoms with E-state index in [-0.39, 0.29) is 0 Å². The Balaban J connectivity index is 1.76. The van der Waals surface area contributed by atoms with Crippen molar-refractivity contribution in [3.05, 3.63) is 11.9 Å². The molecule has 20 heavy (non-hydrogen) atoms. The molecule has 0 radical (unpaired) electrons.